The van der Waals surface area contributed by atoms with Gasteiger partial charge in [-0.3, -0.25) is 4.79 Å². The second kappa shape index (κ2) is 10.1. The lowest BCUT2D eigenvalue weighted by Crippen LogP contribution is -2.44. The van der Waals surface area contributed by atoms with Gasteiger partial charge in [-0.1, -0.05) is 30.4 Å². The molecule has 2 aliphatic heterocycles. The summed E-state index contributed by atoms with van der Waals surface area (Å²) in [6.07, 6.45) is 13.0. The Balaban J connectivity index is 1.32. The summed E-state index contributed by atoms with van der Waals surface area (Å²) in [7, 11) is 1.61. The predicted molar refractivity (Wildman–Crippen MR) is 138 cm³/mol. The molecule has 0 saturated carbocycles. The smallest absolute Gasteiger partial charge is 0.253 e. The third-order valence-corrected chi connectivity index (χ3v) is 7.00. The number of anilines is 1. The van der Waals surface area contributed by atoms with Crippen LogP contribution < -0.4 is 25.8 Å². The molecule has 6 nitrogen and oxygen atoms in total. The molecule has 0 bridgehead atoms. The minimum atomic E-state index is 0.0549. The standard InChI is InChI=1S/C29H30N4O2/c1-35-26-7-3-6-23(16-26)29(34)33-12-9-25(10-13-33)32-28-17-24(15-22-8-11-31-19-27(22)28)21-5-2-4-20(14-21)18-30/h2-4,6-8,14-17,19,21,25,31-32H,5,9-13H2,1H3. The molecular weight excluding hydrogens is 436 g/mol. The fourth-order valence-corrected chi connectivity index (χ4v) is 5.07. The largest absolute Gasteiger partial charge is 0.497 e. The van der Waals surface area contributed by atoms with E-state index in [1.165, 1.54) is 16.0 Å². The number of hydrogen-bond acceptors (Lipinski definition) is 5. The highest BCUT2D eigenvalue weighted by atomic mass is 16.5. The fraction of sp³-hybridized carbons (Fsp3) is 0.310. The second-order valence-electron chi connectivity index (χ2n) is 9.25. The third kappa shape index (κ3) is 4.95. The number of hydrogen-bond donors (Lipinski definition) is 2. The molecule has 1 aliphatic carbocycles. The summed E-state index contributed by atoms with van der Waals surface area (Å²) in [6.45, 7) is 2.24. The Labute approximate surface area is 205 Å². The van der Waals surface area contributed by atoms with E-state index in [0.717, 1.165) is 37.1 Å². The van der Waals surface area contributed by atoms with Crippen LogP contribution in [0.1, 0.15) is 41.1 Å². The Hall–Kier alpha value is -3.98. The quantitative estimate of drug-likeness (QED) is 0.708. The first-order valence-electron chi connectivity index (χ1n) is 12.2. The molecule has 1 atom stereocenters. The van der Waals surface area contributed by atoms with E-state index in [1.54, 1.807) is 13.2 Å². The molecule has 1 saturated heterocycles. The molecule has 2 N–H and O–H groups in total. The summed E-state index contributed by atoms with van der Waals surface area (Å²) in [5.41, 5.74) is 3.72. The molecule has 6 heteroatoms. The van der Waals surface area contributed by atoms with Crippen LogP contribution in [0, 0.1) is 11.3 Å². The molecule has 1 amide bonds. The first kappa shape index (κ1) is 22.8. The number of benzene rings is 2. The number of ether oxygens (including phenoxy) is 1. The van der Waals surface area contributed by atoms with E-state index in [4.69, 9.17) is 4.74 Å². The van der Waals surface area contributed by atoms with Crippen LogP contribution in [-0.4, -0.2) is 43.6 Å². The van der Waals surface area contributed by atoms with E-state index in [9.17, 15) is 10.1 Å². The van der Waals surface area contributed by atoms with Crippen molar-refractivity contribution in [1.29, 1.82) is 5.26 Å². The van der Waals surface area contributed by atoms with Gasteiger partial charge in [0.1, 0.15) is 5.75 Å². The summed E-state index contributed by atoms with van der Waals surface area (Å²) in [4.78, 5) is 14.9. The normalized spacial score (nSPS) is 19.3. The number of methoxy groups -OCH3 is 1. The van der Waals surface area contributed by atoms with Crippen LogP contribution in [0.4, 0.5) is 5.69 Å². The SMILES string of the molecule is COc1cccc(C(=O)N2CCC(Nc3cc(C4C=C(C#N)C=CC4)cc4c3=CNCC=4)CC2)c1. The summed E-state index contributed by atoms with van der Waals surface area (Å²) in [5, 5.41) is 18.8. The van der Waals surface area contributed by atoms with E-state index in [-0.39, 0.29) is 17.9 Å². The molecule has 1 unspecified atom stereocenters. The number of carbonyl (C=O) groups excluding carboxylic acids is 1. The zero-order valence-electron chi connectivity index (χ0n) is 20.0. The van der Waals surface area contributed by atoms with Gasteiger partial charge in [-0.25, -0.2) is 0 Å². The lowest BCUT2D eigenvalue weighted by Gasteiger charge is -2.33. The van der Waals surface area contributed by atoms with E-state index in [1.807, 2.05) is 29.2 Å². The molecule has 3 aliphatic rings. The van der Waals surface area contributed by atoms with Gasteiger partial charge >= 0.3 is 0 Å². The van der Waals surface area contributed by atoms with Crippen molar-refractivity contribution in [1.82, 2.24) is 10.2 Å². The minimum absolute atomic E-state index is 0.0549. The highest BCUT2D eigenvalue weighted by Gasteiger charge is 2.24. The molecule has 0 spiro atoms. The summed E-state index contributed by atoms with van der Waals surface area (Å²) < 4.78 is 5.27. The lowest BCUT2D eigenvalue weighted by molar-refractivity contribution is 0.0718. The molecular formula is C29H30N4O2. The maximum atomic E-state index is 13.0. The molecule has 5 rings (SSSR count). The van der Waals surface area contributed by atoms with E-state index >= 15 is 0 Å². The molecule has 2 heterocycles. The van der Waals surface area contributed by atoms with Crippen molar-refractivity contribution in [2.75, 3.05) is 32.1 Å². The monoisotopic (exact) mass is 466 g/mol. The maximum absolute atomic E-state index is 13.0. The van der Waals surface area contributed by atoms with Gasteiger partial charge < -0.3 is 20.3 Å². The van der Waals surface area contributed by atoms with Crippen molar-refractivity contribution in [2.45, 2.75) is 31.2 Å². The zero-order chi connectivity index (χ0) is 24.2. The van der Waals surface area contributed by atoms with Gasteiger partial charge in [0, 0.05) is 59.8 Å². The van der Waals surface area contributed by atoms with Crippen molar-refractivity contribution in [2.24, 2.45) is 0 Å². The van der Waals surface area contributed by atoms with Gasteiger partial charge in [-0.05, 0) is 60.4 Å². The Morgan fingerprint density at radius 3 is 2.89 bits per heavy atom. The number of piperidine rings is 1. The van der Waals surface area contributed by atoms with Gasteiger partial charge in [-0.2, -0.15) is 5.26 Å². The Morgan fingerprint density at radius 1 is 1.23 bits per heavy atom. The van der Waals surface area contributed by atoms with Gasteiger partial charge in [0.2, 0.25) is 0 Å². The molecule has 178 valence electrons. The summed E-state index contributed by atoms with van der Waals surface area (Å²) in [6, 6.07) is 14.4. The number of nitrogens with one attached hydrogen (secondary N) is 2. The van der Waals surface area contributed by atoms with Crippen molar-refractivity contribution in [3.8, 4) is 11.8 Å². The van der Waals surface area contributed by atoms with Crippen molar-refractivity contribution in [3.63, 3.8) is 0 Å². The summed E-state index contributed by atoms with van der Waals surface area (Å²) >= 11 is 0. The van der Waals surface area contributed by atoms with Crippen LogP contribution in [0.2, 0.25) is 0 Å². The number of amides is 1. The molecule has 2 aromatic carbocycles. The Bertz CT molecular complexity index is 1340. The molecule has 0 aromatic heterocycles. The average molecular weight is 467 g/mol. The number of nitrogens with zero attached hydrogens (tertiary/aromatic N) is 2. The van der Waals surface area contributed by atoms with Gasteiger partial charge in [0.25, 0.3) is 5.91 Å². The minimum Gasteiger partial charge on any atom is -0.497 e. The molecule has 2 aromatic rings. The Kier molecular flexibility index (Phi) is 6.58. The van der Waals surface area contributed by atoms with Crippen molar-refractivity contribution < 1.29 is 9.53 Å². The molecule has 0 radical (unpaired) electrons. The summed E-state index contributed by atoms with van der Waals surface area (Å²) in [5.74, 6) is 0.953. The number of likely N-dealkylation sites (tertiary alicyclic amines) is 1. The highest BCUT2D eigenvalue weighted by molar-refractivity contribution is 5.94. The number of nitriles is 1. The number of rotatable bonds is 5. The first-order valence-corrected chi connectivity index (χ1v) is 12.2. The third-order valence-electron chi connectivity index (χ3n) is 7.00. The van der Waals surface area contributed by atoms with E-state index in [2.05, 4.69) is 53.3 Å². The highest BCUT2D eigenvalue weighted by Crippen LogP contribution is 2.28. The van der Waals surface area contributed by atoms with Crippen LogP contribution in [0.3, 0.4) is 0 Å². The average Bonchev–Trinajstić information content (AvgIpc) is 2.93. The van der Waals surface area contributed by atoms with Crippen LogP contribution in [0.15, 0.2) is 60.2 Å². The predicted octanol–water partition coefficient (Wildman–Crippen LogP) is 3.03. The van der Waals surface area contributed by atoms with Crippen LogP contribution >= 0.6 is 0 Å². The van der Waals surface area contributed by atoms with Gasteiger partial charge in [-0.15, -0.1) is 0 Å². The van der Waals surface area contributed by atoms with E-state index < -0.39 is 0 Å². The fourth-order valence-electron chi connectivity index (χ4n) is 5.07. The number of allylic oxidation sites excluding steroid dienone is 4. The first-order chi connectivity index (χ1) is 17.1. The maximum Gasteiger partial charge on any atom is 0.253 e. The lowest BCUT2D eigenvalue weighted by atomic mass is 9.88. The van der Waals surface area contributed by atoms with Crippen LogP contribution in [0.25, 0.3) is 12.3 Å². The number of fused-ring (bicyclic) bond motifs is 1. The Morgan fingerprint density at radius 2 is 2.09 bits per heavy atom. The molecule has 1 fully saturated rings. The second-order valence-corrected chi connectivity index (χ2v) is 9.25. The van der Waals surface area contributed by atoms with Crippen LogP contribution in [-0.2, 0) is 0 Å². The molecule has 35 heavy (non-hydrogen) atoms. The van der Waals surface area contributed by atoms with Gasteiger partial charge in [0.05, 0.1) is 13.2 Å². The number of carbonyl (C=O) groups is 1. The van der Waals surface area contributed by atoms with Gasteiger partial charge in [0.15, 0.2) is 0 Å². The van der Waals surface area contributed by atoms with Crippen molar-refractivity contribution in [3.05, 3.63) is 81.8 Å². The van der Waals surface area contributed by atoms with E-state index in [0.29, 0.717) is 24.4 Å². The van der Waals surface area contributed by atoms with Crippen LogP contribution in [0.5, 0.6) is 5.75 Å². The van der Waals surface area contributed by atoms with Crippen molar-refractivity contribution >= 4 is 23.9 Å². The topological polar surface area (TPSA) is 77.4 Å². The zero-order valence-corrected chi connectivity index (χ0v) is 20.0.